The van der Waals surface area contributed by atoms with Crippen LogP contribution in [0.4, 0.5) is 0 Å². The fraction of sp³-hybridized carbons (Fsp3) is 0.583. The number of carbonyl (C=O) groups excluding carboxylic acids is 1. The predicted molar refractivity (Wildman–Crippen MR) is 123 cm³/mol. The Morgan fingerprint density at radius 1 is 1.16 bits per heavy atom. The third kappa shape index (κ3) is 5.45. The van der Waals surface area contributed by atoms with E-state index in [1.165, 1.54) is 36.2 Å². The Morgan fingerprint density at radius 3 is 2.58 bits per heavy atom. The van der Waals surface area contributed by atoms with Gasteiger partial charge < -0.3 is 14.8 Å². The van der Waals surface area contributed by atoms with Crippen molar-refractivity contribution in [3.8, 4) is 5.75 Å². The molecular formula is C24H33N3O3S. The molecule has 0 spiro atoms. The number of morpholine rings is 1. The van der Waals surface area contributed by atoms with Gasteiger partial charge in [-0.2, -0.15) is 0 Å². The van der Waals surface area contributed by atoms with E-state index in [2.05, 4.69) is 22.1 Å². The molecular weight excluding hydrogens is 410 g/mol. The smallest absolute Gasteiger partial charge is 0.263 e. The lowest BCUT2D eigenvalue weighted by atomic mass is 9.79. The van der Waals surface area contributed by atoms with Gasteiger partial charge in [0, 0.05) is 25.2 Å². The fourth-order valence-electron chi connectivity index (χ4n) is 4.68. The maximum absolute atomic E-state index is 13.0. The number of hydrogen-bond donors (Lipinski definition) is 1. The molecule has 31 heavy (non-hydrogen) atoms. The number of hydrogen-bond acceptors (Lipinski definition) is 6. The summed E-state index contributed by atoms with van der Waals surface area (Å²) in [5, 5.41) is 4.07. The quantitative estimate of drug-likeness (QED) is 0.698. The maximum Gasteiger partial charge on any atom is 0.263 e. The minimum atomic E-state index is -0.0187. The number of nitrogens with one attached hydrogen (secondary N) is 1. The lowest BCUT2D eigenvalue weighted by Crippen LogP contribution is -2.59. The number of aryl methyl sites for hydroxylation is 2. The highest BCUT2D eigenvalue weighted by atomic mass is 32.1. The van der Waals surface area contributed by atoms with Gasteiger partial charge >= 0.3 is 0 Å². The Morgan fingerprint density at radius 2 is 1.87 bits per heavy atom. The molecule has 7 heteroatoms. The zero-order valence-corrected chi connectivity index (χ0v) is 19.4. The standard InChI is InChI=1S/C24H33N3O3S/c1-18-6-8-20(9-7-18)30-16-21-26-19(2)22(31-21)23(28)25-17-24(10-4-3-5-11-24)27-12-14-29-15-13-27/h6-9H,3-5,10-17H2,1-2H3,(H,25,28). The van der Waals surface area contributed by atoms with Crippen LogP contribution in [0.3, 0.4) is 0 Å². The second kappa shape index (κ2) is 10.1. The highest BCUT2D eigenvalue weighted by molar-refractivity contribution is 7.13. The molecule has 1 saturated heterocycles. The molecule has 1 amide bonds. The number of thiazole rings is 1. The molecule has 1 saturated carbocycles. The highest BCUT2D eigenvalue weighted by Crippen LogP contribution is 2.34. The van der Waals surface area contributed by atoms with Gasteiger partial charge in [-0.1, -0.05) is 37.0 Å². The molecule has 0 radical (unpaired) electrons. The van der Waals surface area contributed by atoms with Crippen LogP contribution >= 0.6 is 11.3 Å². The second-order valence-corrected chi connectivity index (χ2v) is 9.77. The summed E-state index contributed by atoms with van der Waals surface area (Å²) >= 11 is 1.43. The van der Waals surface area contributed by atoms with Gasteiger partial charge in [-0.15, -0.1) is 11.3 Å². The zero-order valence-electron chi connectivity index (χ0n) is 18.6. The molecule has 2 fully saturated rings. The van der Waals surface area contributed by atoms with Crippen molar-refractivity contribution in [2.24, 2.45) is 0 Å². The molecule has 4 rings (SSSR count). The molecule has 0 unspecified atom stereocenters. The largest absolute Gasteiger partial charge is 0.486 e. The van der Waals surface area contributed by atoms with Gasteiger partial charge in [-0.3, -0.25) is 9.69 Å². The lowest BCUT2D eigenvalue weighted by molar-refractivity contribution is -0.0361. The van der Waals surface area contributed by atoms with Crippen molar-refractivity contribution in [3.05, 3.63) is 45.4 Å². The van der Waals surface area contributed by atoms with Gasteiger partial charge in [0.1, 0.15) is 22.2 Å². The summed E-state index contributed by atoms with van der Waals surface area (Å²) in [5.74, 6) is 0.795. The summed E-state index contributed by atoms with van der Waals surface area (Å²) in [5.41, 5.74) is 2.03. The Bertz CT molecular complexity index is 869. The van der Waals surface area contributed by atoms with Crippen LogP contribution in [0.1, 0.15) is 58.0 Å². The van der Waals surface area contributed by atoms with E-state index >= 15 is 0 Å². The Kier molecular flexibility index (Phi) is 7.25. The van der Waals surface area contributed by atoms with Crippen molar-refractivity contribution < 1.29 is 14.3 Å². The molecule has 6 nitrogen and oxygen atoms in total. The summed E-state index contributed by atoms with van der Waals surface area (Å²) in [7, 11) is 0. The first-order chi connectivity index (χ1) is 15.1. The van der Waals surface area contributed by atoms with E-state index in [1.807, 2.05) is 31.2 Å². The van der Waals surface area contributed by atoms with Crippen LogP contribution in [0, 0.1) is 13.8 Å². The number of benzene rings is 1. The highest BCUT2D eigenvalue weighted by Gasteiger charge is 2.39. The number of amides is 1. The molecule has 1 aromatic carbocycles. The van der Waals surface area contributed by atoms with Crippen molar-refractivity contribution in [1.29, 1.82) is 0 Å². The molecule has 0 atom stereocenters. The first-order valence-electron chi connectivity index (χ1n) is 11.3. The van der Waals surface area contributed by atoms with Gasteiger partial charge in [0.05, 0.1) is 18.9 Å². The Balaban J connectivity index is 1.37. The monoisotopic (exact) mass is 443 g/mol. The van der Waals surface area contributed by atoms with Gasteiger partial charge in [0.2, 0.25) is 0 Å². The van der Waals surface area contributed by atoms with E-state index in [4.69, 9.17) is 9.47 Å². The Labute approximate surface area is 189 Å². The summed E-state index contributed by atoms with van der Waals surface area (Å²) in [6, 6.07) is 7.96. The van der Waals surface area contributed by atoms with E-state index in [9.17, 15) is 4.79 Å². The van der Waals surface area contributed by atoms with E-state index in [1.54, 1.807) is 0 Å². The van der Waals surface area contributed by atoms with Crippen LogP contribution in [-0.4, -0.2) is 54.2 Å². The Hall–Kier alpha value is -1.96. The molecule has 2 aromatic rings. The lowest BCUT2D eigenvalue weighted by Gasteiger charge is -2.48. The molecule has 1 aliphatic carbocycles. The van der Waals surface area contributed by atoms with Crippen LogP contribution in [0.15, 0.2) is 24.3 Å². The third-order valence-electron chi connectivity index (χ3n) is 6.47. The fourth-order valence-corrected chi connectivity index (χ4v) is 5.58. The van der Waals surface area contributed by atoms with Crippen molar-refractivity contribution in [2.45, 2.75) is 58.1 Å². The third-order valence-corrected chi connectivity index (χ3v) is 7.60. The minimum absolute atomic E-state index is 0.0187. The average molecular weight is 444 g/mol. The molecule has 168 valence electrons. The van der Waals surface area contributed by atoms with Gasteiger partial charge in [-0.05, 0) is 38.8 Å². The number of carbonyl (C=O) groups is 1. The van der Waals surface area contributed by atoms with Crippen LogP contribution < -0.4 is 10.1 Å². The predicted octanol–water partition coefficient (Wildman–Crippen LogP) is 4.10. The number of rotatable bonds is 7. The SMILES string of the molecule is Cc1ccc(OCc2nc(C)c(C(=O)NCC3(N4CCOCC4)CCCCC3)s2)cc1. The van der Waals surface area contributed by atoms with Crippen LogP contribution in [-0.2, 0) is 11.3 Å². The molecule has 2 heterocycles. The topological polar surface area (TPSA) is 63.7 Å². The number of nitrogens with zero attached hydrogens (tertiary/aromatic N) is 2. The molecule has 2 aliphatic rings. The molecule has 0 bridgehead atoms. The van der Waals surface area contributed by atoms with Crippen molar-refractivity contribution in [2.75, 3.05) is 32.8 Å². The number of aromatic nitrogens is 1. The molecule has 1 N–H and O–H groups in total. The van der Waals surface area contributed by atoms with Gasteiger partial charge in [0.25, 0.3) is 5.91 Å². The first-order valence-corrected chi connectivity index (χ1v) is 12.1. The van der Waals surface area contributed by atoms with Crippen LogP contribution in [0.25, 0.3) is 0 Å². The normalized spacial score (nSPS) is 19.2. The van der Waals surface area contributed by atoms with Gasteiger partial charge in [0.15, 0.2) is 0 Å². The number of ether oxygens (including phenoxy) is 2. The average Bonchev–Trinajstić information content (AvgIpc) is 3.19. The van der Waals surface area contributed by atoms with Crippen molar-refractivity contribution >= 4 is 17.2 Å². The maximum atomic E-state index is 13.0. The van der Waals surface area contributed by atoms with Crippen LogP contribution in [0.2, 0.25) is 0 Å². The van der Waals surface area contributed by atoms with Crippen LogP contribution in [0.5, 0.6) is 5.75 Å². The van der Waals surface area contributed by atoms with Crippen molar-refractivity contribution in [3.63, 3.8) is 0 Å². The zero-order chi connectivity index (χ0) is 21.7. The van der Waals surface area contributed by atoms with Crippen molar-refractivity contribution in [1.82, 2.24) is 15.2 Å². The van der Waals surface area contributed by atoms with Gasteiger partial charge in [-0.25, -0.2) is 4.98 Å². The summed E-state index contributed by atoms with van der Waals surface area (Å²) in [6.07, 6.45) is 6.04. The van der Waals surface area contributed by atoms with E-state index in [0.29, 0.717) is 18.0 Å². The van der Waals surface area contributed by atoms with E-state index in [0.717, 1.165) is 55.6 Å². The summed E-state index contributed by atoms with van der Waals surface area (Å²) in [6.45, 7) is 8.50. The van der Waals surface area contributed by atoms with E-state index < -0.39 is 0 Å². The second-order valence-electron chi connectivity index (χ2n) is 8.69. The van der Waals surface area contributed by atoms with E-state index in [-0.39, 0.29) is 11.4 Å². The summed E-state index contributed by atoms with van der Waals surface area (Å²) in [4.78, 5) is 20.8. The summed E-state index contributed by atoms with van der Waals surface area (Å²) < 4.78 is 11.4. The minimum Gasteiger partial charge on any atom is -0.486 e. The molecule has 1 aromatic heterocycles. The first kappa shape index (κ1) is 22.2. The molecule has 1 aliphatic heterocycles.